The lowest BCUT2D eigenvalue weighted by Crippen LogP contribution is -2.53. The van der Waals surface area contributed by atoms with E-state index in [1.54, 1.807) is 24.8 Å². The van der Waals surface area contributed by atoms with Crippen LogP contribution in [0.25, 0.3) is 0 Å². The number of nitrogens with zero attached hydrogens (tertiary/aromatic N) is 3. The van der Waals surface area contributed by atoms with Crippen molar-refractivity contribution in [3.05, 3.63) is 12.7 Å². The summed E-state index contributed by atoms with van der Waals surface area (Å²) in [4.78, 5) is 76.2. The van der Waals surface area contributed by atoms with Gasteiger partial charge in [0.2, 0.25) is 17.7 Å². The minimum absolute atomic E-state index is 0.0213. The molecule has 2 spiro atoms. The fourth-order valence-corrected chi connectivity index (χ4v) is 13.6. The molecule has 2 saturated heterocycles. The van der Waals surface area contributed by atoms with Gasteiger partial charge >= 0.3 is 10.2 Å². The number of nitrogens with one attached hydrogen (secondary N) is 2. The van der Waals surface area contributed by atoms with Gasteiger partial charge in [-0.3, -0.25) is 28.9 Å². The molecular formula is C44H71N5O7S. The number of rotatable bonds is 17. The number of hydrogen-bond donors (Lipinski definition) is 2. The lowest BCUT2D eigenvalue weighted by molar-refractivity contribution is -0.147. The molecule has 2 aliphatic heterocycles. The van der Waals surface area contributed by atoms with Crippen molar-refractivity contribution in [3.8, 4) is 0 Å². The molecule has 13 heteroatoms. The van der Waals surface area contributed by atoms with Gasteiger partial charge in [0.05, 0.1) is 23.5 Å². The number of ketones is 2. The van der Waals surface area contributed by atoms with Gasteiger partial charge in [0.15, 0.2) is 11.6 Å². The van der Waals surface area contributed by atoms with Crippen molar-refractivity contribution < 1.29 is 32.4 Å². The predicted molar refractivity (Wildman–Crippen MR) is 220 cm³/mol. The molecule has 7 atom stereocenters. The third-order valence-corrected chi connectivity index (χ3v) is 18.1. The molecule has 4 aliphatic carbocycles. The van der Waals surface area contributed by atoms with E-state index < -0.39 is 44.9 Å². The van der Waals surface area contributed by atoms with E-state index >= 15 is 4.79 Å². The Balaban J connectivity index is 1.28. The van der Waals surface area contributed by atoms with Crippen LogP contribution < -0.4 is 10.0 Å². The number of Topliss-reactive ketones (excluding diaryl/α,β-unsaturated/α-hetero) is 2. The van der Waals surface area contributed by atoms with E-state index in [0.717, 1.165) is 70.9 Å². The third-order valence-electron chi connectivity index (χ3n) is 16.4. The molecule has 3 amide bonds. The van der Waals surface area contributed by atoms with Crippen LogP contribution in [0.5, 0.6) is 0 Å². The van der Waals surface area contributed by atoms with Crippen LogP contribution in [0.3, 0.4) is 0 Å². The number of carbonyl (C=O) groups excluding carboxylic acids is 5. The predicted octanol–water partition coefficient (Wildman–Crippen LogP) is 5.42. The summed E-state index contributed by atoms with van der Waals surface area (Å²) in [6.07, 6.45) is 10.8. The Hall–Kier alpha value is -2.64. The number of likely N-dealkylation sites (tertiary alicyclic amines) is 2. The van der Waals surface area contributed by atoms with E-state index in [0.29, 0.717) is 19.4 Å². The maximum Gasteiger partial charge on any atom is 0.303 e. The Morgan fingerprint density at radius 1 is 0.912 bits per heavy atom. The van der Waals surface area contributed by atoms with Crippen molar-refractivity contribution in [2.45, 2.75) is 157 Å². The number of likely N-dealkylation sites (N-methyl/N-ethyl adjacent to an activating group) is 1. The van der Waals surface area contributed by atoms with Gasteiger partial charge < -0.3 is 10.2 Å². The monoisotopic (exact) mass is 814 g/mol. The number of allylic oxidation sites excluding steroid dienone is 1. The van der Waals surface area contributed by atoms with Crippen LogP contribution in [0.4, 0.5) is 0 Å². The maximum absolute atomic E-state index is 15.3. The van der Waals surface area contributed by atoms with Crippen molar-refractivity contribution >= 4 is 39.5 Å². The Morgan fingerprint density at radius 2 is 1.56 bits per heavy atom. The van der Waals surface area contributed by atoms with Gasteiger partial charge in [0.25, 0.3) is 0 Å². The largest absolute Gasteiger partial charge is 0.345 e. The summed E-state index contributed by atoms with van der Waals surface area (Å²) in [6.45, 7) is 22.2. The zero-order chi connectivity index (χ0) is 41.9. The second-order valence-electron chi connectivity index (χ2n) is 20.1. The molecule has 0 bridgehead atoms. The topological polar surface area (TPSA) is 153 Å². The summed E-state index contributed by atoms with van der Waals surface area (Å²) in [6, 6.07) is -1.73. The summed E-state index contributed by atoms with van der Waals surface area (Å²) >= 11 is 0. The lowest BCUT2D eigenvalue weighted by atomic mass is 9.73. The number of fused-ring (bicyclic) bond motifs is 1. The van der Waals surface area contributed by atoms with Crippen molar-refractivity contribution in [2.75, 3.05) is 32.7 Å². The smallest absolute Gasteiger partial charge is 0.303 e. The molecule has 2 N–H and O–H groups in total. The van der Waals surface area contributed by atoms with Crippen LogP contribution in [0.15, 0.2) is 12.7 Å². The quantitative estimate of drug-likeness (QED) is 0.185. The van der Waals surface area contributed by atoms with E-state index in [1.165, 1.54) is 4.31 Å². The van der Waals surface area contributed by atoms with E-state index in [4.69, 9.17) is 0 Å². The summed E-state index contributed by atoms with van der Waals surface area (Å²) in [5.74, 6) is -2.51. The zero-order valence-corrected chi connectivity index (χ0v) is 36.9. The van der Waals surface area contributed by atoms with Crippen LogP contribution in [0.1, 0.15) is 139 Å². The normalized spacial score (nSPS) is 31.6. The van der Waals surface area contributed by atoms with Gasteiger partial charge in [-0.05, 0) is 92.5 Å². The first kappa shape index (κ1) is 43.9. The molecule has 2 unspecified atom stereocenters. The average Bonchev–Trinajstić information content (AvgIpc) is 3.54. The van der Waals surface area contributed by atoms with Gasteiger partial charge in [0, 0.05) is 43.8 Å². The Morgan fingerprint density at radius 3 is 2.07 bits per heavy atom. The molecule has 0 radical (unpaired) electrons. The van der Waals surface area contributed by atoms with Gasteiger partial charge in [-0.25, -0.2) is 4.72 Å². The highest BCUT2D eigenvalue weighted by Crippen LogP contribution is 2.88. The fourth-order valence-electron chi connectivity index (χ4n) is 12.4. The lowest BCUT2D eigenvalue weighted by Gasteiger charge is -2.36. The molecule has 2 heterocycles. The molecule has 320 valence electrons. The van der Waals surface area contributed by atoms with Gasteiger partial charge in [-0.15, -0.1) is 6.58 Å². The first-order valence-corrected chi connectivity index (χ1v) is 23.5. The van der Waals surface area contributed by atoms with Crippen molar-refractivity contribution in [3.63, 3.8) is 0 Å². The Kier molecular flexibility index (Phi) is 12.1. The van der Waals surface area contributed by atoms with E-state index in [2.05, 4.69) is 42.3 Å². The minimum atomic E-state index is -4.12. The van der Waals surface area contributed by atoms with Gasteiger partial charge in [-0.2, -0.15) is 12.7 Å². The molecule has 6 fully saturated rings. The fraction of sp³-hybridized carbons (Fsp3) is 0.841. The molecular weight excluding hydrogens is 743 g/mol. The van der Waals surface area contributed by atoms with Crippen LogP contribution in [0, 0.1) is 44.8 Å². The highest BCUT2D eigenvalue weighted by atomic mass is 32.2. The van der Waals surface area contributed by atoms with Crippen LogP contribution in [-0.2, 0) is 34.2 Å². The summed E-state index contributed by atoms with van der Waals surface area (Å²) < 4.78 is 29.7. The second kappa shape index (κ2) is 15.8. The molecule has 0 aromatic carbocycles. The first-order chi connectivity index (χ1) is 26.7. The molecule has 57 heavy (non-hydrogen) atoms. The van der Waals surface area contributed by atoms with Crippen molar-refractivity contribution in [1.82, 2.24) is 24.1 Å². The van der Waals surface area contributed by atoms with Crippen molar-refractivity contribution in [1.29, 1.82) is 0 Å². The minimum Gasteiger partial charge on any atom is -0.345 e. The third kappa shape index (κ3) is 7.35. The summed E-state index contributed by atoms with van der Waals surface area (Å²) in [5.41, 5.74) is -2.24. The average molecular weight is 814 g/mol. The molecule has 12 nitrogen and oxygen atoms in total. The standard InChI is InChI=1S/C44H71N5O7S/c1-10-30-25-42(30,39(54)46-57(55,56)48(12-3)13-4)27-35(51)33-26-44(41(8,9)43(44)21-17-22-43)28-49(33)38(53)31(40(5,6)7)24-34(50)36(29-18-14-15-19-29)45-37(52)32-20-16-23-47(32)11-2/h10,29-33,36H,1,11-28H2,2-9H3,(H,45,52)(H,46,54)/t30-,31?,32+,33+,36?,42-,44-/m1/s1. The summed E-state index contributed by atoms with van der Waals surface area (Å²) in [5, 5.41) is 3.20. The number of amides is 3. The molecule has 4 saturated carbocycles. The molecule has 6 rings (SSSR count). The number of carbonyl (C=O) groups is 5. The summed E-state index contributed by atoms with van der Waals surface area (Å²) in [7, 11) is -4.12. The first-order valence-electron chi connectivity index (χ1n) is 22.1. The molecule has 0 aromatic heterocycles. The zero-order valence-electron chi connectivity index (χ0n) is 36.1. The molecule has 6 aliphatic rings. The van der Waals surface area contributed by atoms with E-state index in [1.807, 2.05) is 20.8 Å². The Labute approximate surface area is 342 Å². The molecule has 0 aromatic rings. The second-order valence-corrected chi connectivity index (χ2v) is 21.8. The van der Waals surface area contributed by atoms with Crippen LogP contribution in [0.2, 0.25) is 0 Å². The van der Waals surface area contributed by atoms with Crippen LogP contribution >= 0.6 is 0 Å². The maximum atomic E-state index is 15.3. The highest BCUT2D eigenvalue weighted by Gasteiger charge is 2.85. The van der Waals surface area contributed by atoms with E-state index in [-0.39, 0.29) is 83.4 Å². The number of hydrogen-bond acceptors (Lipinski definition) is 8. The van der Waals surface area contributed by atoms with Gasteiger partial charge in [-0.1, -0.05) is 80.7 Å². The highest BCUT2D eigenvalue weighted by molar-refractivity contribution is 7.87. The van der Waals surface area contributed by atoms with Gasteiger partial charge in [0.1, 0.15) is 0 Å². The Bertz CT molecular complexity index is 1720. The van der Waals surface area contributed by atoms with Crippen molar-refractivity contribution in [2.24, 2.45) is 44.8 Å². The van der Waals surface area contributed by atoms with E-state index in [9.17, 15) is 27.6 Å². The van der Waals surface area contributed by atoms with Crippen LogP contribution in [-0.4, -0.2) is 103 Å². The SMILES string of the molecule is C=C[C@@H]1C[C@]1(CC(=O)[C@@H]1C[C@@]2(CN1C(=O)C(CC(=O)C(NC(=O)[C@@H]1CCCN1CC)C1CCCC1)C(C)(C)C)C(C)(C)C21CCC1)C(=O)NS(=O)(=O)N(CC)CC.